The van der Waals surface area contributed by atoms with E-state index < -0.39 is 0 Å². The lowest BCUT2D eigenvalue weighted by atomic mass is 10.2. The van der Waals surface area contributed by atoms with Crippen molar-refractivity contribution in [2.75, 3.05) is 0 Å². The lowest BCUT2D eigenvalue weighted by Crippen LogP contribution is -1.93. The number of hydrogen-bond donors (Lipinski definition) is 1. The topological polar surface area (TPSA) is 38.4 Å². The van der Waals surface area contributed by atoms with Gasteiger partial charge in [0.1, 0.15) is 0 Å². The molecule has 0 aliphatic heterocycles. The zero-order valence-electron chi connectivity index (χ0n) is 7.82. The van der Waals surface area contributed by atoms with Gasteiger partial charge in [-0.3, -0.25) is 0 Å². The predicted molar refractivity (Wildman–Crippen MR) is 63.3 cm³/mol. The van der Waals surface area contributed by atoms with E-state index in [2.05, 4.69) is 16.8 Å². The summed E-state index contributed by atoms with van der Waals surface area (Å²) in [6, 6.07) is 7.88. The van der Waals surface area contributed by atoms with Crippen LogP contribution in [0.2, 0.25) is 0 Å². The smallest absolute Gasteiger partial charge is 0.178 e. The van der Waals surface area contributed by atoms with Gasteiger partial charge in [0, 0.05) is 5.56 Å². The minimum Gasteiger partial charge on any atom is -0.390 e. The number of aliphatic imine (C=N–C) groups is 1. The fourth-order valence-corrected chi connectivity index (χ4v) is 0.974. The lowest BCUT2D eigenvalue weighted by molar-refractivity contribution is 1.46. The molecule has 3 heteroatoms. The van der Waals surface area contributed by atoms with Crippen LogP contribution in [0.5, 0.6) is 0 Å². The summed E-state index contributed by atoms with van der Waals surface area (Å²) in [5, 5.41) is 0. The summed E-state index contributed by atoms with van der Waals surface area (Å²) < 4.78 is 0. The molecule has 14 heavy (non-hydrogen) atoms. The minimum absolute atomic E-state index is 0.299. The molecule has 0 atom stereocenters. The molecule has 0 fully saturated rings. The van der Waals surface area contributed by atoms with Crippen molar-refractivity contribution in [2.24, 2.45) is 10.7 Å². The molecule has 2 N–H and O–H groups in total. The van der Waals surface area contributed by atoms with Crippen molar-refractivity contribution < 1.29 is 0 Å². The highest BCUT2D eigenvalue weighted by molar-refractivity contribution is 7.80. The molecule has 0 spiro atoms. The zero-order chi connectivity index (χ0) is 10.4. The highest BCUT2D eigenvalue weighted by atomic mass is 32.1. The first-order valence-electron chi connectivity index (χ1n) is 4.09. The van der Waals surface area contributed by atoms with Crippen LogP contribution in [-0.4, -0.2) is 11.3 Å². The Morgan fingerprint density at radius 2 is 2.07 bits per heavy atom. The first kappa shape index (κ1) is 10.4. The molecular formula is C11H10N2S. The molecule has 0 radical (unpaired) electrons. The largest absolute Gasteiger partial charge is 0.390 e. The van der Waals surface area contributed by atoms with Crippen molar-refractivity contribution in [1.29, 1.82) is 0 Å². The van der Waals surface area contributed by atoms with Crippen LogP contribution in [0.3, 0.4) is 0 Å². The number of nitrogens with zero attached hydrogens (tertiary/aromatic N) is 1. The number of thiocarbonyl (C=S) groups is 1. The number of hydrogen-bond acceptors (Lipinski definition) is 1. The third-order valence-electron chi connectivity index (χ3n) is 1.56. The molecular weight excluding hydrogens is 192 g/mol. The van der Waals surface area contributed by atoms with Gasteiger partial charge in [0.25, 0.3) is 0 Å². The quantitative estimate of drug-likeness (QED) is 0.301. The second kappa shape index (κ2) is 5.15. The van der Waals surface area contributed by atoms with Crippen molar-refractivity contribution in [3.8, 4) is 11.8 Å². The Labute approximate surface area is 88.8 Å². The Balaban J connectivity index is 2.78. The molecule has 1 aromatic rings. The second-order valence-corrected chi connectivity index (χ2v) is 3.09. The van der Waals surface area contributed by atoms with Crippen LogP contribution < -0.4 is 5.73 Å². The van der Waals surface area contributed by atoms with E-state index in [1.54, 1.807) is 0 Å². The Morgan fingerprint density at radius 3 is 2.64 bits per heavy atom. The highest BCUT2D eigenvalue weighted by Gasteiger charge is 1.86. The molecule has 0 aromatic heterocycles. The summed E-state index contributed by atoms with van der Waals surface area (Å²) >= 11 is 4.83. The normalized spacial score (nSPS) is 9.50. The van der Waals surface area contributed by atoms with Crippen molar-refractivity contribution in [3.63, 3.8) is 0 Å². The van der Waals surface area contributed by atoms with E-state index in [9.17, 15) is 0 Å². The van der Waals surface area contributed by atoms with E-state index in [0.29, 0.717) is 4.99 Å². The van der Waals surface area contributed by atoms with E-state index in [0.717, 1.165) is 11.9 Å². The Bertz CT molecular complexity index is 407. The first-order chi connectivity index (χ1) is 6.72. The molecule has 0 unspecified atom stereocenters. The number of benzene rings is 1. The Kier molecular flexibility index (Phi) is 3.84. The van der Waals surface area contributed by atoms with Gasteiger partial charge in [-0.25, -0.2) is 4.99 Å². The van der Waals surface area contributed by atoms with Gasteiger partial charge in [-0.1, -0.05) is 23.6 Å². The van der Waals surface area contributed by atoms with Crippen LogP contribution >= 0.6 is 12.2 Å². The first-order valence-corrected chi connectivity index (χ1v) is 4.50. The molecule has 0 amide bonds. The molecule has 70 valence electrons. The average Bonchev–Trinajstić information content (AvgIpc) is 2.17. The van der Waals surface area contributed by atoms with Crippen LogP contribution in [0.25, 0.3) is 0 Å². The van der Waals surface area contributed by atoms with Crippen LogP contribution in [0, 0.1) is 18.8 Å². The van der Waals surface area contributed by atoms with Gasteiger partial charge in [0.15, 0.2) is 4.99 Å². The minimum atomic E-state index is 0.299. The maximum Gasteiger partial charge on any atom is 0.178 e. The summed E-state index contributed by atoms with van der Waals surface area (Å²) in [4.78, 5) is 3.97. The third-order valence-corrected chi connectivity index (χ3v) is 1.76. The SMILES string of the molecule is Cc1ccc(C#CC(=S)N=CN)cc1. The average molecular weight is 202 g/mol. The molecule has 0 aliphatic rings. The molecule has 0 saturated heterocycles. The fraction of sp³-hybridized carbons (Fsp3) is 0.0909. The van der Waals surface area contributed by atoms with Gasteiger partial charge in [-0.2, -0.15) is 0 Å². The maximum atomic E-state index is 5.07. The lowest BCUT2D eigenvalue weighted by Gasteiger charge is -1.90. The standard InChI is InChI=1S/C11H10N2S/c1-9-2-4-10(5-3-9)6-7-11(14)13-8-12/h2-5,8H,1H3,(H2,12,13,14). The number of rotatable bonds is 0. The van der Waals surface area contributed by atoms with Crippen molar-refractivity contribution in [2.45, 2.75) is 6.92 Å². The summed E-state index contributed by atoms with van der Waals surface area (Å²) in [5.74, 6) is 5.62. The number of nitrogens with two attached hydrogens (primary N) is 1. The predicted octanol–water partition coefficient (Wildman–Crippen LogP) is 1.66. The molecule has 0 aliphatic carbocycles. The van der Waals surface area contributed by atoms with E-state index in [1.165, 1.54) is 5.56 Å². The molecule has 1 rings (SSSR count). The Morgan fingerprint density at radius 1 is 1.43 bits per heavy atom. The van der Waals surface area contributed by atoms with Crippen LogP contribution in [0.4, 0.5) is 0 Å². The van der Waals surface area contributed by atoms with Crippen molar-refractivity contribution in [1.82, 2.24) is 0 Å². The Hall–Kier alpha value is -1.66. The summed E-state index contributed by atoms with van der Waals surface area (Å²) in [5.41, 5.74) is 7.20. The van der Waals surface area contributed by atoms with Gasteiger partial charge in [0.2, 0.25) is 0 Å². The van der Waals surface area contributed by atoms with E-state index in [1.807, 2.05) is 31.2 Å². The molecule has 2 nitrogen and oxygen atoms in total. The number of aryl methyl sites for hydroxylation is 1. The van der Waals surface area contributed by atoms with Crippen LogP contribution in [0.15, 0.2) is 29.3 Å². The van der Waals surface area contributed by atoms with Crippen LogP contribution in [0.1, 0.15) is 11.1 Å². The van der Waals surface area contributed by atoms with E-state index in [-0.39, 0.29) is 0 Å². The third kappa shape index (κ3) is 3.38. The second-order valence-electron chi connectivity index (χ2n) is 2.70. The van der Waals surface area contributed by atoms with Gasteiger partial charge in [-0.05, 0) is 37.2 Å². The van der Waals surface area contributed by atoms with E-state index >= 15 is 0 Å². The van der Waals surface area contributed by atoms with Crippen molar-refractivity contribution >= 4 is 23.5 Å². The monoisotopic (exact) mass is 202 g/mol. The van der Waals surface area contributed by atoms with Gasteiger partial charge < -0.3 is 5.73 Å². The molecule has 0 saturated carbocycles. The molecule has 0 heterocycles. The van der Waals surface area contributed by atoms with Crippen molar-refractivity contribution in [3.05, 3.63) is 35.4 Å². The fourth-order valence-electron chi connectivity index (χ4n) is 0.863. The van der Waals surface area contributed by atoms with Gasteiger partial charge >= 0.3 is 0 Å². The maximum absolute atomic E-state index is 5.07. The van der Waals surface area contributed by atoms with Crippen LogP contribution in [-0.2, 0) is 0 Å². The van der Waals surface area contributed by atoms with Gasteiger partial charge in [0.05, 0.1) is 6.34 Å². The van der Waals surface area contributed by atoms with E-state index in [4.69, 9.17) is 18.0 Å². The highest BCUT2D eigenvalue weighted by Crippen LogP contribution is 2.00. The molecule has 1 aromatic carbocycles. The summed E-state index contributed by atoms with van der Waals surface area (Å²) in [6.07, 6.45) is 1.14. The van der Waals surface area contributed by atoms with Gasteiger partial charge in [-0.15, -0.1) is 0 Å². The zero-order valence-corrected chi connectivity index (χ0v) is 8.64. The molecule has 0 bridgehead atoms. The summed E-state index contributed by atoms with van der Waals surface area (Å²) in [7, 11) is 0. The summed E-state index contributed by atoms with van der Waals surface area (Å²) in [6.45, 7) is 2.03.